The molecule has 0 aromatic heterocycles. The van der Waals surface area contributed by atoms with Crippen LogP contribution in [0.15, 0.2) is 47.0 Å². The molecule has 2 heteroatoms. The van der Waals surface area contributed by atoms with E-state index in [1.165, 1.54) is 11.1 Å². The van der Waals surface area contributed by atoms with Crippen LogP contribution in [0.5, 0.6) is 0 Å². The van der Waals surface area contributed by atoms with Crippen molar-refractivity contribution in [3.8, 4) is 0 Å². The van der Waals surface area contributed by atoms with Crippen molar-refractivity contribution in [1.82, 2.24) is 4.90 Å². The summed E-state index contributed by atoms with van der Waals surface area (Å²) < 4.78 is 1.16. The lowest BCUT2D eigenvalue weighted by molar-refractivity contribution is 0.402. The highest BCUT2D eigenvalue weighted by Crippen LogP contribution is 2.31. The van der Waals surface area contributed by atoms with Crippen molar-refractivity contribution >= 4 is 21.5 Å². The third-order valence-corrected chi connectivity index (χ3v) is 3.32. The highest BCUT2D eigenvalue weighted by Gasteiger charge is 2.19. The lowest BCUT2D eigenvalue weighted by Crippen LogP contribution is -2.25. The molecule has 1 aliphatic carbocycles. The monoisotopic (exact) mass is 263 g/mol. The average molecular weight is 264 g/mol. The Morgan fingerprint density at radius 2 is 1.93 bits per heavy atom. The minimum atomic E-state index is 0.392. The van der Waals surface area contributed by atoms with E-state index in [9.17, 15) is 0 Å². The van der Waals surface area contributed by atoms with Gasteiger partial charge in [0.25, 0.3) is 0 Å². The van der Waals surface area contributed by atoms with E-state index in [2.05, 4.69) is 71.4 Å². The number of allylic oxidation sites excluding steroid dienone is 2. The topological polar surface area (TPSA) is 3.24 Å². The number of benzene rings is 1. The maximum atomic E-state index is 3.60. The SMILES string of the molecule is CN(C)C1C=CC=C1c1ccccc1Br. The molecule has 0 fully saturated rings. The first kappa shape index (κ1) is 10.7. The van der Waals surface area contributed by atoms with E-state index in [0.717, 1.165) is 4.47 Å². The lowest BCUT2D eigenvalue weighted by atomic mass is 10.0. The van der Waals surface area contributed by atoms with Gasteiger partial charge in [-0.15, -0.1) is 0 Å². The van der Waals surface area contributed by atoms with Gasteiger partial charge in [-0.25, -0.2) is 0 Å². The van der Waals surface area contributed by atoms with Gasteiger partial charge in [0.2, 0.25) is 0 Å². The normalized spacial score (nSPS) is 19.7. The van der Waals surface area contributed by atoms with Crippen LogP contribution in [-0.4, -0.2) is 25.0 Å². The molecule has 0 N–H and O–H groups in total. The molecule has 0 radical (unpaired) electrons. The molecule has 0 amide bonds. The van der Waals surface area contributed by atoms with Crippen molar-refractivity contribution in [3.63, 3.8) is 0 Å². The Kier molecular flexibility index (Phi) is 3.08. The van der Waals surface area contributed by atoms with Crippen molar-refractivity contribution in [3.05, 3.63) is 52.5 Å². The molecular weight excluding hydrogens is 250 g/mol. The van der Waals surface area contributed by atoms with Gasteiger partial charge >= 0.3 is 0 Å². The minimum absolute atomic E-state index is 0.392. The van der Waals surface area contributed by atoms with Gasteiger partial charge in [-0.05, 0) is 31.3 Å². The molecule has 2 rings (SSSR count). The van der Waals surface area contributed by atoms with E-state index < -0.39 is 0 Å². The highest BCUT2D eigenvalue weighted by atomic mass is 79.9. The average Bonchev–Trinajstić information content (AvgIpc) is 2.67. The zero-order valence-corrected chi connectivity index (χ0v) is 10.5. The van der Waals surface area contributed by atoms with Gasteiger partial charge < -0.3 is 0 Å². The molecule has 0 aliphatic heterocycles. The summed E-state index contributed by atoms with van der Waals surface area (Å²) in [6.07, 6.45) is 6.53. The van der Waals surface area contributed by atoms with Crippen LogP contribution in [0, 0.1) is 0 Å². The van der Waals surface area contributed by atoms with Crippen LogP contribution in [-0.2, 0) is 0 Å². The number of hydrogen-bond donors (Lipinski definition) is 0. The number of hydrogen-bond acceptors (Lipinski definition) is 1. The number of halogens is 1. The van der Waals surface area contributed by atoms with Crippen LogP contribution in [0.4, 0.5) is 0 Å². The number of likely N-dealkylation sites (N-methyl/N-ethyl adjacent to an activating group) is 1. The maximum absolute atomic E-state index is 3.60. The second kappa shape index (κ2) is 4.33. The Hall–Kier alpha value is -0.860. The zero-order chi connectivity index (χ0) is 10.8. The maximum Gasteiger partial charge on any atom is 0.0535 e. The van der Waals surface area contributed by atoms with Gasteiger partial charge in [-0.1, -0.05) is 52.4 Å². The third-order valence-electron chi connectivity index (χ3n) is 2.63. The van der Waals surface area contributed by atoms with Crippen LogP contribution < -0.4 is 0 Å². The van der Waals surface area contributed by atoms with Crippen LogP contribution in [0.1, 0.15) is 5.56 Å². The van der Waals surface area contributed by atoms with Gasteiger partial charge in [0.05, 0.1) is 6.04 Å². The van der Waals surface area contributed by atoms with E-state index in [1.54, 1.807) is 0 Å². The summed E-state index contributed by atoms with van der Waals surface area (Å²) in [6.45, 7) is 0. The van der Waals surface area contributed by atoms with Crippen LogP contribution in [0.3, 0.4) is 0 Å². The smallest absolute Gasteiger partial charge is 0.0535 e. The second-order valence-electron chi connectivity index (χ2n) is 3.90. The molecule has 78 valence electrons. The number of nitrogens with zero attached hydrogens (tertiary/aromatic N) is 1. The van der Waals surface area contributed by atoms with Crippen molar-refractivity contribution in [2.45, 2.75) is 6.04 Å². The summed E-state index contributed by atoms with van der Waals surface area (Å²) in [5, 5.41) is 0. The minimum Gasteiger partial charge on any atom is -0.299 e. The molecule has 1 aromatic carbocycles. The Morgan fingerprint density at radius 3 is 2.60 bits per heavy atom. The molecule has 0 bridgehead atoms. The third kappa shape index (κ3) is 2.06. The molecule has 0 saturated carbocycles. The molecule has 1 aromatic rings. The largest absolute Gasteiger partial charge is 0.299 e. The summed E-state index contributed by atoms with van der Waals surface area (Å²) in [7, 11) is 4.20. The van der Waals surface area contributed by atoms with Gasteiger partial charge in [-0.3, -0.25) is 4.90 Å². The van der Waals surface area contributed by atoms with Crippen molar-refractivity contribution in [2.24, 2.45) is 0 Å². The first-order valence-electron chi connectivity index (χ1n) is 5.00. The standard InChI is InChI=1S/C13H14BrN/c1-15(2)13-9-5-7-11(13)10-6-3-4-8-12(10)14/h3-9,13H,1-2H3. The van der Waals surface area contributed by atoms with Crippen LogP contribution in [0.25, 0.3) is 5.57 Å². The Morgan fingerprint density at radius 1 is 1.20 bits per heavy atom. The van der Waals surface area contributed by atoms with E-state index in [-0.39, 0.29) is 0 Å². The van der Waals surface area contributed by atoms with Gasteiger partial charge in [0, 0.05) is 4.47 Å². The number of rotatable bonds is 2. The van der Waals surface area contributed by atoms with E-state index in [4.69, 9.17) is 0 Å². The first-order valence-corrected chi connectivity index (χ1v) is 5.79. The van der Waals surface area contributed by atoms with Crippen LogP contribution >= 0.6 is 15.9 Å². The van der Waals surface area contributed by atoms with Gasteiger partial charge in [-0.2, -0.15) is 0 Å². The van der Waals surface area contributed by atoms with E-state index in [1.807, 2.05) is 6.07 Å². The zero-order valence-electron chi connectivity index (χ0n) is 8.94. The molecule has 1 nitrogen and oxygen atoms in total. The quantitative estimate of drug-likeness (QED) is 0.792. The molecule has 0 heterocycles. The van der Waals surface area contributed by atoms with E-state index >= 15 is 0 Å². The Balaban J connectivity index is 2.37. The first-order chi connectivity index (χ1) is 7.20. The fourth-order valence-corrected chi connectivity index (χ4v) is 2.38. The molecule has 15 heavy (non-hydrogen) atoms. The summed E-state index contributed by atoms with van der Waals surface area (Å²) in [5.74, 6) is 0. The predicted octanol–water partition coefficient (Wildman–Crippen LogP) is 3.33. The molecule has 1 unspecified atom stereocenters. The summed E-state index contributed by atoms with van der Waals surface area (Å²) in [4.78, 5) is 2.22. The Labute approximate surface area is 99.2 Å². The summed E-state index contributed by atoms with van der Waals surface area (Å²) >= 11 is 3.60. The second-order valence-corrected chi connectivity index (χ2v) is 4.75. The summed E-state index contributed by atoms with van der Waals surface area (Å²) in [5.41, 5.74) is 2.63. The van der Waals surface area contributed by atoms with Crippen LogP contribution in [0.2, 0.25) is 0 Å². The molecule has 1 atom stereocenters. The van der Waals surface area contributed by atoms with E-state index in [0.29, 0.717) is 6.04 Å². The summed E-state index contributed by atoms with van der Waals surface area (Å²) in [6, 6.07) is 8.75. The molecule has 0 spiro atoms. The fourth-order valence-electron chi connectivity index (χ4n) is 1.86. The molecular formula is C13H14BrN. The van der Waals surface area contributed by atoms with Crippen molar-refractivity contribution < 1.29 is 0 Å². The lowest BCUT2D eigenvalue weighted by Gasteiger charge is -2.22. The fraction of sp³-hybridized carbons (Fsp3) is 0.231. The molecule has 1 aliphatic rings. The van der Waals surface area contributed by atoms with Crippen molar-refractivity contribution in [2.75, 3.05) is 14.1 Å². The predicted molar refractivity (Wildman–Crippen MR) is 68.7 cm³/mol. The van der Waals surface area contributed by atoms with Gasteiger partial charge in [0.15, 0.2) is 0 Å². The van der Waals surface area contributed by atoms with Crippen molar-refractivity contribution in [1.29, 1.82) is 0 Å². The highest BCUT2D eigenvalue weighted by molar-refractivity contribution is 9.10. The Bertz CT molecular complexity index is 418. The molecule has 0 saturated heterocycles. The van der Waals surface area contributed by atoms with Gasteiger partial charge in [0.1, 0.15) is 0 Å².